The smallest absolute Gasteiger partial charge is 0.319 e. The first-order valence-electron chi connectivity index (χ1n) is 16.9. The monoisotopic (exact) mass is 728 g/mol. The van der Waals surface area contributed by atoms with Gasteiger partial charge in [0.15, 0.2) is 27.2 Å². The molecule has 0 aromatic heterocycles. The normalized spacial score (nSPS) is 17.2. The molecule has 0 bridgehead atoms. The van der Waals surface area contributed by atoms with Gasteiger partial charge in [-0.05, 0) is 71.5 Å². The van der Waals surface area contributed by atoms with Crippen LogP contribution in [-0.2, 0) is 35.0 Å². The van der Waals surface area contributed by atoms with Gasteiger partial charge in [-0.2, -0.15) is 0 Å². The van der Waals surface area contributed by atoms with Crippen LogP contribution in [0.1, 0.15) is 46.4 Å². The molecule has 0 spiro atoms. The number of carbonyl (C=O) groups is 2. The summed E-state index contributed by atoms with van der Waals surface area (Å²) in [5, 5.41) is 0. The molecule has 4 aromatic carbocycles. The molecule has 0 fully saturated rings. The maximum absolute atomic E-state index is 12.9. The minimum atomic E-state index is -0.423. The molecule has 280 valence electrons. The highest BCUT2D eigenvalue weighted by Gasteiger charge is 2.38. The molecule has 0 saturated heterocycles. The Kier molecular flexibility index (Phi) is 14.2. The lowest BCUT2D eigenvalue weighted by atomic mass is 9.77. The van der Waals surface area contributed by atoms with E-state index in [9.17, 15) is 9.59 Å². The van der Waals surface area contributed by atoms with Crippen LogP contribution in [-0.4, -0.2) is 67.5 Å². The molecule has 2 aliphatic rings. The van der Waals surface area contributed by atoms with Crippen LogP contribution in [0.5, 0.6) is 34.5 Å². The number of ether oxygens (including phenoxy) is 10. The summed E-state index contributed by atoms with van der Waals surface area (Å²) in [6.07, 6.45) is 3.05. The summed E-state index contributed by atoms with van der Waals surface area (Å²) < 4.78 is 52.3. The van der Waals surface area contributed by atoms with E-state index >= 15 is 0 Å². The number of fused-ring (bicyclic) bond motifs is 2. The third-order valence-corrected chi connectivity index (χ3v) is 8.53. The van der Waals surface area contributed by atoms with Gasteiger partial charge in [-0.25, -0.2) is 0 Å². The summed E-state index contributed by atoms with van der Waals surface area (Å²) in [6, 6.07) is 25.8. The Morgan fingerprint density at radius 3 is 1.62 bits per heavy atom. The van der Waals surface area contributed by atoms with Crippen molar-refractivity contribution < 1.29 is 57.0 Å². The second kappa shape index (κ2) is 19.4. The van der Waals surface area contributed by atoms with Crippen LogP contribution in [0.15, 0.2) is 97.6 Å². The number of benzene rings is 4. The molecule has 2 aliphatic heterocycles. The largest absolute Gasteiger partial charge is 0.468 e. The van der Waals surface area contributed by atoms with Crippen LogP contribution in [0.2, 0.25) is 0 Å². The van der Waals surface area contributed by atoms with Crippen LogP contribution in [0.4, 0.5) is 0 Å². The van der Waals surface area contributed by atoms with E-state index in [1.54, 1.807) is 40.6 Å². The van der Waals surface area contributed by atoms with Crippen LogP contribution in [0.25, 0.3) is 0 Å². The lowest BCUT2D eigenvalue weighted by Gasteiger charge is -2.32. The Balaban J connectivity index is 0.000000206. The average Bonchev–Trinajstić information content (AvgIpc) is 3.18. The van der Waals surface area contributed by atoms with Crippen molar-refractivity contribution in [3.8, 4) is 34.5 Å². The zero-order valence-electron chi connectivity index (χ0n) is 30.2. The van der Waals surface area contributed by atoms with Crippen molar-refractivity contribution in [2.75, 3.05) is 55.6 Å². The van der Waals surface area contributed by atoms with Gasteiger partial charge in [-0.3, -0.25) is 9.59 Å². The van der Waals surface area contributed by atoms with Gasteiger partial charge >= 0.3 is 11.9 Å². The van der Waals surface area contributed by atoms with E-state index in [0.717, 1.165) is 22.3 Å². The molecule has 0 saturated carbocycles. The van der Waals surface area contributed by atoms with Crippen LogP contribution >= 0.6 is 0 Å². The molecular formula is C41H44O12. The van der Waals surface area contributed by atoms with E-state index in [1.807, 2.05) is 78.9 Å². The minimum absolute atomic E-state index is 0.0732. The van der Waals surface area contributed by atoms with E-state index in [4.69, 9.17) is 47.4 Å². The SMILES string of the molecule is C=CC[C@@H]1c2ccc(OCOC)cc2OC(=O)[C@@H]1c1ccc(OCOC)cc1.COCOc1ccc(C2Cc3ccc(OCOC)cc3OC2=O)cc1. The molecule has 12 heteroatoms. The average molecular weight is 729 g/mol. The standard InChI is InChI=1S/C22H24O6.C19H20O6/c1-4-5-19-18-11-10-17(27-14-25-3)12-20(18)28-22(23)21(19)15-6-8-16(9-7-15)26-13-24-2;1-21-11-23-15-6-3-13(4-7-15)17-9-14-5-8-16(24-12-22-2)10-18(14)25-19(17)20/h4,6-12,19,21H,1,5,13-14H2,2-3H3;3-8,10,17H,9,11-12H2,1-2H3/t19-,21-;/m1./s1. The fourth-order valence-corrected chi connectivity index (χ4v) is 6.03. The molecule has 4 aromatic rings. The van der Waals surface area contributed by atoms with Crippen LogP contribution in [0.3, 0.4) is 0 Å². The first kappa shape index (κ1) is 38.8. The number of hydrogen-bond acceptors (Lipinski definition) is 12. The highest BCUT2D eigenvalue weighted by molar-refractivity contribution is 5.85. The van der Waals surface area contributed by atoms with Crippen molar-refractivity contribution in [2.45, 2.75) is 30.6 Å². The van der Waals surface area contributed by atoms with Crippen LogP contribution in [0, 0.1) is 0 Å². The highest BCUT2D eigenvalue weighted by Crippen LogP contribution is 2.46. The molecule has 12 nitrogen and oxygen atoms in total. The fourth-order valence-electron chi connectivity index (χ4n) is 6.03. The fraction of sp³-hybridized carbons (Fsp3) is 0.317. The maximum atomic E-state index is 12.9. The summed E-state index contributed by atoms with van der Waals surface area (Å²) in [5.41, 5.74) is 3.68. The molecule has 53 heavy (non-hydrogen) atoms. The summed E-state index contributed by atoms with van der Waals surface area (Å²) in [7, 11) is 6.23. The van der Waals surface area contributed by atoms with Crippen molar-refractivity contribution in [1.82, 2.24) is 0 Å². The molecule has 0 amide bonds. The summed E-state index contributed by atoms with van der Waals surface area (Å²) in [6.45, 7) is 4.49. The Hall–Kier alpha value is -5.40. The third-order valence-electron chi connectivity index (χ3n) is 8.53. The first-order chi connectivity index (χ1) is 25.9. The zero-order valence-corrected chi connectivity index (χ0v) is 30.2. The topological polar surface area (TPSA) is 126 Å². The second-order valence-electron chi connectivity index (χ2n) is 12.0. The predicted molar refractivity (Wildman–Crippen MR) is 194 cm³/mol. The van der Waals surface area contributed by atoms with Crippen molar-refractivity contribution in [2.24, 2.45) is 0 Å². The van der Waals surface area contributed by atoms with Crippen molar-refractivity contribution in [3.05, 3.63) is 120 Å². The Morgan fingerprint density at radius 2 is 1.08 bits per heavy atom. The van der Waals surface area contributed by atoms with Gasteiger partial charge in [-0.15, -0.1) is 6.58 Å². The quantitative estimate of drug-likeness (QED) is 0.0515. The number of methoxy groups -OCH3 is 4. The Bertz CT molecular complexity index is 1810. The van der Waals surface area contributed by atoms with Crippen LogP contribution < -0.4 is 28.4 Å². The number of rotatable bonds is 16. The molecule has 0 N–H and O–H groups in total. The lowest BCUT2D eigenvalue weighted by Crippen LogP contribution is -2.30. The molecule has 3 atom stereocenters. The molecule has 6 rings (SSSR count). The van der Waals surface area contributed by atoms with E-state index in [1.165, 1.54) is 0 Å². The predicted octanol–water partition coefficient (Wildman–Crippen LogP) is 6.91. The van der Waals surface area contributed by atoms with Gasteiger partial charge in [0.2, 0.25) is 0 Å². The van der Waals surface area contributed by atoms with E-state index in [2.05, 4.69) is 6.58 Å². The molecule has 0 aliphatic carbocycles. The van der Waals surface area contributed by atoms with Crippen molar-refractivity contribution in [3.63, 3.8) is 0 Å². The van der Waals surface area contributed by atoms with Crippen molar-refractivity contribution >= 4 is 11.9 Å². The zero-order chi connectivity index (χ0) is 37.6. The van der Waals surface area contributed by atoms with Gasteiger partial charge in [0.05, 0.1) is 11.8 Å². The Labute approximate surface area is 309 Å². The highest BCUT2D eigenvalue weighted by atomic mass is 16.7. The Morgan fingerprint density at radius 1 is 0.604 bits per heavy atom. The van der Waals surface area contributed by atoms with Gasteiger partial charge < -0.3 is 47.4 Å². The lowest BCUT2D eigenvalue weighted by molar-refractivity contribution is -0.138. The number of hydrogen-bond donors (Lipinski definition) is 0. The molecule has 2 heterocycles. The van der Waals surface area contributed by atoms with Gasteiger partial charge in [-0.1, -0.05) is 42.5 Å². The van der Waals surface area contributed by atoms with Crippen molar-refractivity contribution in [1.29, 1.82) is 0 Å². The second-order valence-corrected chi connectivity index (χ2v) is 12.0. The summed E-state index contributed by atoms with van der Waals surface area (Å²) in [4.78, 5) is 25.3. The molecule has 1 unspecified atom stereocenters. The third kappa shape index (κ3) is 10.1. The van der Waals surface area contributed by atoms with E-state index < -0.39 is 5.92 Å². The maximum Gasteiger partial charge on any atom is 0.319 e. The minimum Gasteiger partial charge on any atom is -0.468 e. The van der Waals surface area contributed by atoms with Gasteiger partial charge in [0, 0.05) is 46.5 Å². The molecule has 0 radical (unpaired) electrons. The number of esters is 2. The summed E-state index contributed by atoms with van der Waals surface area (Å²) in [5.74, 6) is 2.20. The van der Waals surface area contributed by atoms with E-state index in [-0.39, 0.29) is 50.9 Å². The van der Waals surface area contributed by atoms with Gasteiger partial charge in [0.25, 0.3) is 0 Å². The number of allylic oxidation sites excluding steroid dienone is 1. The summed E-state index contributed by atoms with van der Waals surface area (Å²) >= 11 is 0. The van der Waals surface area contributed by atoms with E-state index in [0.29, 0.717) is 47.3 Å². The van der Waals surface area contributed by atoms with Gasteiger partial charge in [0.1, 0.15) is 34.5 Å². The number of carbonyl (C=O) groups excluding carboxylic acids is 2. The molecular weight excluding hydrogens is 684 g/mol. The first-order valence-corrected chi connectivity index (χ1v) is 16.9.